The predicted molar refractivity (Wildman–Crippen MR) is 56.7 cm³/mol. The van der Waals surface area contributed by atoms with Gasteiger partial charge in [-0.25, -0.2) is 0 Å². The highest BCUT2D eigenvalue weighted by Gasteiger charge is 0.599. The van der Waals surface area contributed by atoms with Gasteiger partial charge in [0.2, 0.25) is 0 Å². The highest BCUT2D eigenvalue weighted by molar-refractivity contribution is 3.64. The lowest BCUT2D eigenvalue weighted by Gasteiger charge is -0.827. The molecule has 0 fully saturated rings. The van der Waals surface area contributed by atoms with Crippen LogP contribution in [0.1, 0.15) is 22.3 Å². The molecule has 0 amide bonds. The summed E-state index contributed by atoms with van der Waals surface area (Å²) in [4.78, 5) is 45.0. The van der Waals surface area contributed by atoms with Crippen molar-refractivity contribution in [3.63, 3.8) is 0 Å². The van der Waals surface area contributed by atoms with E-state index in [1.807, 2.05) is 0 Å². The second-order valence-electron chi connectivity index (χ2n) is 0. The lowest BCUT2D eigenvalue weighted by atomic mass is 12.0. The van der Waals surface area contributed by atoms with Crippen LogP contribution in [-0.4, -0.2) is 0 Å². The maximum Gasteiger partial charge on any atom is -0.0776 e. The van der Waals surface area contributed by atoms with Gasteiger partial charge in [0.25, 0.3) is 0 Å². The van der Waals surface area contributed by atoms with Crippen LogP contribution in [0.15, 0.2) is 0 Å². The molecule has 6 N–H and O–H groups in total. The van der Waals surface area contributed by atoms with Gasteiger partial charge in [0.15, 0.2) is 0 Å². The van der Waals surface area contributed by atoms with Crippen LogP contribution in [-0.2, 0) is 0 Å². The molecule has 0 aromatic heterocycles. The van der Waals surface area contributed by atoms with Crippen molar-refractivity contribution in [2.45, 2.75) is 22.3 Å². The highest BCUT2D eigenvalue weighted by atomic mass is 16.2. The highest BCUT2D eigenvalue weighted by Crippen LogP contribution is 0.776. The monoisotopic (exact) mass is 234 g/mol. The summed E-state index contributed by atoms with van der Waals surface area (Å²) < 4.78 is 0. The Kier molecular flexibility index (Phi) is 1970. The standard InChI is InChI=1S/3CH4.6HNO/c;;;6*1-2/h3*1H4;6*1H. The molecule has 0 rings (SSSR count). The van der Waals surface area contributed by atoms with Crippen LogP contribution in [0.25, 0.3) is 0 Å². The minimum Gasteiger partial charge on any atom is -0.154 e. The first-order chi connectivity index (χ1) is 6.00. The smallest absolute Gasteiger partial charge is 0.0776 e. The zero-order valence-electron chi connectivity index (χ0n) is 5.45. The normalized spacial score (nSPS) is 1.60. The quantitative estimate of drug-likeness (QED) is 0.338. The van der Waals surface area contributed by atoms with Gasteiger partial charge >= 0.3 is 0 Å². The first-order valence-corrected chi connectivity index (χ1v) is 1.22. The minimum absolute atomic E-state index is 0. The van der Waals surface area contributed by atoms with Crippen LogP contribution in [0.3, 0.4) is 0 Å². The van der Waals surface area contributed by atoms with E-state index in [-0.39, 0.29) is 22.3 Å². The van der Waals surface area contributed by atoms with Crippen molar-refractivity contribution in [3.05, 3.63) is 29.4 Å². The Hall–Kier alpha value is -2.40. The molecule has 0 unspecified atom stereocenters. The topological polar surface area (TPSA) is 246 Å². The van der Waals surface area contributed by atoms with Crippen LogP contribution in [0.4, 0.5) is 0 Å². The zero-order chi connectivity index (χ0) is 12.0. The lowest BCUT2D eigenvalue weighted by molar-refractivity contribution is 1.49. The summed E-state index contributed by atoms with van der Waals surface area (Å²) in [6, 6.07) is 0. The average Bonchev–Trinajstić information content (AvgIpc) is 2.33. The molecule has 0 saturated carbocycles. The van der Waals surface area contributed by atoms with E-state index in [1.54, 1.807) is 0 Å². The van der Waals surface area contributed by atoms with Gasteiger partial charge in [0, 0.05) is 0 Å². The molecule has 0 spiro atoms. The maximum atomic E-state index is 7.50. The first-order valence-electron chi connectivity index (χ1n) is 1.22. The molecule has 0 bridgehead atoms. The third-order valence-corrected chi connectivity index (χ3v) is 0. The van der Waals surface area contributed by atoms with Gasteiger partial charge in [-0.2, -0.15) is 29.4 Å². The second kappa shape index (κ2) is 226. The number of hydrogen-bond acceptors (Lipinski definition) is 12. The van der Waals surface area contributed by atoms with Gasteiger partial charge in [-0.3, -0.25) is 0 Å². The fraction of sp³-hybridized carbons (Fsp3) is 1.00. The van der Waals surface area contributed by atoms with Crippen LogP contribution in [0, 0.1) is 63.0 Å². The molecule has 0 atom stereocenters. The van der Waals surface area contributed by atoms with Crippen LogP contribution < -0.4 is 0 Å². The predicted octanol–water partition coefficient (Wildman–Crippen LogP) is 3.90. The summed E-state index contributed by atoms with van der Waals surface area (Å²) in [5.74, 6) is 0. The molecule has 0 aliphatic heterocycles. The Morgan fingerprint density at radius 2 is 0.267 bits per heavy atom. The fourth-order valence-corrected chi connectivity index (χ4v) is 0. The minimum atomic E-state index is 0. The molecular weight excluding hydrogens is 216 g/mol. The van der Waals surface area contributed by atoms with Gasteiger partial charge in [-0.05, 0) is 0 Å². The van der Waals surface area contributed by atoms with Crippen LogP contribution >= 0.6 is 0 Å². The first kappa shape index (κ1) is 131. The Bertz CT molecular complexity index is 38.3. The largest absolute Gasteiger partial charge is 0.154 e. The Balaban J connectivity index is -0.00000000396. The number of nitrogens with one attached hydrogen (secondary N) is 6. The van der Waals surface area contributed by atoms with E-state index in [4.69, 9.17) is 29.4 Å². The van der Waals surface area contributed by atoms with E-state index in [9.17, 15) is 0 Å². The van der Waals surface area contributed by atoms with Crippen molar-refractivity contribution in [2.24, 2.45) is 0 Å². The van der Waals surface area contributed by atoms with Crippen molar-refractivity contribution in [3.8, 4) is 0 Å². The number of hydrogen-bond donors (Lipinski definition) is 6. The molecular formula is C3H18N6O6. The molecule has 0 saturated heterocycles. The third kappa shape index (κ3) is 186. The molecule has 0 aliphatic carbocycles. The average molecular weight is 234 g/mol. The summed E-state index contributed by atoms with van der Waals surface area (Å²) >= 11 is 0. The van der Waals surface area contributed by atoms with E-state index < -0.39 is 0 Å². The fourth-order valence-electron chi connectivity index (χ4n) is 0. The summed E-state index contributed by atoms with van der Waals surface area (Å²) in [7, 11) is 0. The number of rotatable bonds is 0. The van der Waals surface area contributed by atoms with Gasteiger partial charge in [-0.1, -0.05) is 55.8 Å². The van der Waals surface area contributed by atoms with Crippen molar-refractivity contribution >= 4 is 0 Å². The van der Waals surface area contributed by atoms with Crippen LogP contribution in [0.5, 0.6) is 0 Å². The Labute approximate surface area is 86.4 Å². The Morgan fingerprint density at radius 3 is 0.267 bits per heavy atom. The maximum absolute atomic E-state index is 7.50. The van der Waals surface area contributed by atoms with Crippen molar-refractivity contribution in [1.29, 1.82) is 33.6 Å². The van der Waals surface area contributed by atoms with E-state index in [0.717, 1.165) is 0 Å². The van der Waals surface area contributed by atoms with Gasteiger partial charge in [-0.15, -0.1) is 0 Å². The molecule has 0 radical (unpaired) electrons. The molecule has 0 aromatic rings. The van der Waals surface area contributed by atoms with Gasteiger partial charge in [0.05, 0.1) is 0 Å². The van der Waals surface area contributed by atoms with E-state index >= 15 is 0 Å². The van der Waals surface area contributed by atoms with Gasteiger partial charge < -0.3 is 0 Å². The second-order valence-corrected chi connectivity index (χ2v) is 0. The molecule has 96 valence electrons. The molecule has 12 heteroatoms. The molecule has 0 aromatic carbocycles. The van der Waals surface area contributed by atoms with E-state index in [1.165, 1.54) is 0 Å². The summed E-state index contributed by atoms with van der Waals surface area (Å²) in [6.45, 7) is 0. The van der Waals surface area contributed by atoms with Crippen molar-refractivity contribution in [1.82, 2.24) is 0 Å². The SMILES string of the molecule is C.C.C.N=O.N=O.N=O.N=O.N=O.N=O. The number of nitroso groups, excluding NO2 is 6. The molecule has 12 nitrogen and oxygen atoms in total. The molecule has 15 heavy (non-hydrogen) atoms. The van der Waals surface area contributed by atoms with Gasteiger partial charge in [0.1, 0.15) is 0 Å². The summed E-state index contributed by atoms with van der Waals surface area (Å²) in [5, 5.41) is 0. The van der Waals surface area contributed by atoms with E-state index in [2.05, 4.69) is 33.6 Å². The lowest BCUT2D eigenvalue weighted by Crippen LogP contribution is -0.649. The zero-order valence-corrected chi connectivity index (χ0v) is 5.45. The molecule has 0 heterocycles. The van der Waals surface area contributed by atoms with Crippen molar-refractivity contribution < 1.29 is 0 Å². The summed E-state index contributed by atoms with van der Waals surface area (Å²) in [5.41, 5.74) is 27.0. The Morgan fingerprint density at radius 1 is 0.267 bits per heavy atom. The summed E-state index contributed by atoms with van der Waals surface area (Å²) in [6.07, 6.45) is 0. The molecule has 0 aliphatic rings. The van der Waals surface area contributed by atoms with Crippen LogP contribution in [0.2, 0.25) is 0 Å². The third-order valence-electron chi connectivity index (χ3n) is 0. The van der Waals surface area contributed by atoms with E-state index in [0.29, 0.717) is 0 Å². The van der Waals surface area contributed by atoms with Crippen molar-refractivity contribution in [2.75, 3.05) is 0 Å².